The zero-order valence-corrected chi connectivity index (χ0v) is 15.3. The third kappa shape index (κ3) is 4.58. The fraction of sp³-hybridized carbons (Fsp3) is 0.300. The lowest BCUT2D eigenvalue weighted by Gasteiger charge is -2.11. The number of amides is 1. The van der Waals surface area contributed by atoms with Gasteiger partial charge in [0, 0.05) is 21.4 Å². The fourth-order valence-corrected chi connectivity index (χ4v) is 3.89. The van der Waals surface area contributed by atoms with E-state index >= 15 is 0 Å². The van der Waals surface area contributed by atoms with E-state index in [1.54, 1.807) is 18.9 Å². The van der Waals surface area contributed by atoms with Crippen LogP contribution in [-0.2, 0) is 9.59 Å². The van der Waals surface area contributed by atoms with Crippen molar-refractivity contribution < 1.29 is 19.4 Å². The van der Waals surface area contributed by atoms with Crippen LogP contribution >= 0.6 is 11.8 Å². The lowest BCUT2D eigenvalue weighted by Crippen LogP contribution is -2.21. The van der Waals surface area contributed by atoms with Gasteiger partial charge in [-0.2, -0.15) is 0 Å². The molecule has 5 nitrogen and oxygen atoms in total. The molecule has 0 radical (unpaired) electrons. The maximum Gasteiger partial charge on any atom is 0.306 e. The molecule has 1 aliphatic carbocycles. The van der Waals surface area contributed by atoms with Crippen LogP contribution in [-0.4, -0.2) is 24.1 Å². The minimum absolute atomic E-state index is 0.0932. The molecule has 26 heavy (non-hydrogen) atoms. The minimum atomic E-state index is -0.805. The van der Waals surface area contributed by atoms with Crippen LogP contribution in [0.2, 0.25) is 0 Å². The molecule has 0 spiro atoms. The molecule has 2 aromatic carbocycles. The van der Waals surface area contributed by atoms with Crippen molar-refractivity contribution in [1.29, 1.82) is 0 Å². The number of benzene rings is 2. The maximum absolute atomic E-state index is 12.3. The normalized spacial score (nSPS) is 19.1. The molecule has 0 saturated heterocycles. The van der Waals surface area contributed by atoms with Crippen molar-refractivity contribution >= 4 is 29.3 Å². The molecule has 6 heteroatoms. The first-order valence-corrected chi connectivity index (χ1v) is 9.32. The molecule has 2 N–H and O–H groups in total. The van der Waals surface area contributed by atoms with Gasteiger partial charge < -0.3 is 15.2 Å². The molecule has 0 aromatic heterocycles. The van der Waals surface area contributed by atoms with Gasteiger partial charge in [-0.15, -0.1) is 0 Å². The molecule has 1 amide bonds. The SMILES string of the molecule is COc1ccc(Sc2ccc(NC(=O)[C@@H]3CC[C@H](C(=O)O)C3)cc2)cc1. The molecule has 0 aliphatic heterocycles. The molecule has 0 heterocycles. The summed E-state index contributed by atoms with van der Waals surface area (Å²) in [7, 11) is 1.64. The highest BCUT2D eigenvalue weighted by atomic mass is 32.2. The minimum Gasteiger partial charge on any atom is -0.497 e. The molecular weight excluding hydrogens is 350 g/mol. The molecule has 2 atom stereocenters. The largest absolute Gasteiger partial charge is 0.497 e. The van der Waals surface area contributed by atoms with Gasteiger partial charge in [-0.1, -0.05) is 11.8 Å². The van der Waals surface area contributed by atoms with Crippen LogP contribution < -0.4 is 10.1 Å². The smallest absolute Gasteiger partial charge is 0.306 e. The van der Waals surface area contributed by atoms with Gasteiger partial charge in [0.15, 0.2) is 0 Å². The number of hydrogen-bond acceptors (Lipinski definition) is 4. The second-order valence-corrected chi connectivity index (χ2v) is 7.48. The van der Waals surface area contributed by atoms with Crippen LogP contribution in [0.1, 0.15) is 19.3 Å². The van der Waals surface area contributed by atoms with Gasteiger partial charge >= 0.3 is 5.97 Å². The highest BCUT2D eigenvalue weighted by Crippen LogP contribution is 2.33. The Kier molecular flexibility index (Phi) is 5.83. The van der Waals surface area contributed by atoms with Gasteiger partial charge in [0.05, 0.1) is 13.0 Å². The molecular formula is C20H21NO4S. The van der Waals surface area contributed by atoms with E-state index in [2.05, 4.69) is 5.32 Å². The highest BCUT2D eigenvalue weighted by molar-refractivity contribution is 7.99. The van der Waals surface area contributed by atoms with E-state index in [-0.39, 0.29) is 11.8 Å². The fourth-order valence-electron chi connectivity index (χ4n) is 3.07. The quantitative estimate of drug-likeness (QED) is 0.792. The van der Waals surface area contributed by atoms with Crippen LogP contribution in [0, 0.1) is 11.8 Å². The van der Waals surface area contributed by atoms with E-state index in [9.17, 15) is 9.59 Å². The summed E-state index contributed by atoms with van der Waals surface area (Å²) in [6, 6.07) is 15.5. The maximum atomic E-state index is 12.3. The Bertz CT molecular complexity index is 773. The molecule has 1 saturated carbocycles. The Morgan fingerprint density at radius 2 is 1.58 bits per heavy atom. The number of hydrogen-bond donors (Lipinski definition) is 2. The molecule has 2 aromatic rings. The van der Waals surface area contributed by atoms with E-state index < -0.39 is 11.9 Å². The predicted molar refractivity (Wildman–Crippen MR) is 101 cm³/mol. The predicted octanol–water partition coefficient (Wildman–Crippen LogP) is 4.29. The summed E-state index contributed by atoms with van der Waals surface area (Å²) in [4.78, 5) is 25.5. The molecule has 0 unspecified atom stereocenters. The number of methoxy groups -OCH3 is 1. The van der Waals surface area contributed by atoms with Crippen molar-refractivity contribution in [3.63, 3.8) is 0 Å². The number of carboxylic acids is 1. The molecule has 136 valence electrons. The van der Waals surface area contributed by atoms with Gasteiger partial charge in [-0.3, -0.25) is 9.59 Å². The lowest BCUT2D eigenvalue weighted by atomic mass is 10.0. The van der Waals surface area contributed by atoms with E-state index in [0.717, 1.165) is 21.2 Å². The van der Waals surface area contributed by atoms with E-state index in [1.165, 1.54) is 0 Å². The first-order chi connectivity index (χ1) is 12.5. The molecule has 1 aliphatic rings. The summed E-state index contributed by atoms with van der Waals surface area (Å²) < 4.78 is 5.15. The second-order valence-electron chi connectivity index (χ2n) is 6.34. The molecule has 1 fully saturated rings. The summed E-state index contributed by atoms with van der Waals surface area (Å²) in [6.07, 6.45) is 1.63. The first-order valence-electron chi connectivity index (χ1n) is 8.51. The number of aliphatic carboxylic acids is 1. The lowest BCUT2D eigenvalue weighted by molar-refractivity contribution is -0.141. The van der Waals surface area contributed by atoms with Crippen molar-refractivity contribution in [2.45, 2.75) is 29.1 Å². The van der Waals surface area contributed by atoms with Gasteiger partial charge in [0.1, 0.15) is 5.75 Å². The monoisotopic (exact) mass is 371 g/mol. The summed E-state index contributed by atoms with van der Waals surface area (Å²) in [6.45, 7) is 0. The van der Waals surface area contributed by atoms with Gasteiger partial charge in [0.25, 0.3) is 0 Å². The number of carboxylic acid groups (broad SMARTS) is 1. The van der Waals surface area contributed by atoms with E-state index in [4.69, 9.17) is 9.84 Å². The van der Waals surface area contributed by atoms with Crippen LogP contribution in [0.25, 0.3) is 0 Å². The zero-order valence-electron chi connectivity index (χ0n) is 14.5. The summed E-state index contributed by atoms with van der Waals surface area (Å²) >= 11 is 1.63. The topological polar surface area (TPSA) is 75.6 Å². The average molecular weight is 371 g/mol. The third-order valence-corrected chi connectivity index (χ3v) is 5.59. The number of ether oxygens (including phenoxy) is 1. The van der Waals surface area contributed by atoms with Crippen molar-refractivity contribution in [2.75, 3.05) is 12.4 Å². The number of anilines is 1. The summed E-state index contributed by atoms with van der Waals surface area (Å²) in [5.41, 5.74) is 0.729. The van der Waals surface area contributed by atoms with Crippen LogP contribution in [0.3, 0.4) is 0 Å². The number of carbonyl (C=O) groups excluding carboxylic acids is 1. The zero-order chi connectivity index (χ0) is 18.5. The van der Waals surface area contributed by atoms with Crippen molar-refractivity contribution in [3.8, 4) is 5.75 Å². The van der Waals surface area contributed by atoms with Crippen molar-refractivity contribution in [2.24, 2.45) is 11.8 Å². The van der Waals surface area contributed by atoms with Gasteiger partial charge in [-0.25, -0.2) is 0 Å². The highest BCUT2D eigenvalue weighted by Gasteiger charge is 2.33. The summed E-state index contributed by atoms with van der Waals surface area (Å²) in [5.74, 6) is -0.688. The Balaban J connectivity index is 1.55. The standard InChI is InChI=1S/C20H21NO4S/c1-25-16-6-10-18(11-7-16)26-17-8-4-15(5-9-17)21-19(22)13-2-3-14(12-13)20(23)24/h4-11,13-14H,2-3,12H2,1H3,(H,21,22)(H,23,24)/t13-,14+/m1/s1. The van der Waals surface area contributed by atoms with Crippen LogP contribution in [0.5, 0.6) is 5.75 Å². The number of nitrogens with one attached hydrogen (secondary N) is 1. The van der Waals surface area contributed by atoms with Gasteiger partial charge in [0.2, 0.25) is 5.91 Å². The summed E-state index contributed by atoms with van der Waals surface area (Å²) in [5, 5.41) is 11.9. The Morgan fingerprint density at radius 1 is 1.00 bits per heavy atom. The Labute approximate surface area is 156 Å². The van der Waals surface area contributed by atoms with Crippen molar-refractivity contribution in [1.82, 2.24) is 0 Å². The number of carbonyl (C=O) groups is 2. The average Bonchev–Trinajstić information content (AvgIpc) is 3.15. The second kappa shape index (κ2) is 8.27. The van der Waals surface area contributed by atoms with E-state index in [1.807, 2.05) is 48.5 Å². The molecule has 0 bridgehead atoms. The van der Waals surface area contributed by atoms with Crippen LogP contribution in [0.4, 0.5) is 5.69 Å². The third-order valence-electron chi connectivity index (χ3n) is 4.57. The first kappa shape index (κ1) is 18.3. The van der Waals surface area contributed by atoms with E-state index in [0.29, 0.717) is 19.3 Å². The number of rotatable bonds is 6. The van der Waals surface area contributed by atoms with Gasteiger partial charge in [-0.05, 0) is 67.8 Å². The van der Waals surface area contributed by atoms with Crippen LogP contribution in [0.15, 0.2) is 58.3 Å². The molecule has 3 rings (SSSR count). The Hall–Kier alpha value is -2.47. The van der Waals surface area contributed by atoms with Crippen molar-refractivity contribution in [3.05, 3.63) is 48.5 Å². The Morgan fingerprint density at radius 3 is 2.12 bits per heavy atom.